The largest absolute Gasteiger partial charge is 0.485 e. The van der Waals surface area contributed by atoms with Crippen LogP contribution in [0.15, 0.2) is 59.8 Å². The first-order valence-electron chi connectivity index (χ1n) is 10.6. The van der Waals surface area contributed by atoms with Crippen LogP contribution in [0.4, 0.5) is 4.79 Å². The van der Waals surface area contributed by atoms with Crippen molar-refractivity contribution in [2.45, 2.75) is 57.2 Å². The SMILES string of the molecule is Cc1ccccc1OCc1nnc(SC(C)C(=O)NC(=O)NC(C)(C)C)n1-c1ccccc1. The highest BCUT2D eigenvalue weighted by Crippen LogP contribution is 2.27. The van der Waals surface area contributed by atoms with E-state index >= 15 is 0 Å². The number of carbonyl (C=O) groups is 2. The van der Waals surface area contributed by atoms with Crippen LogP contribution in [0.2, 0.25) is 0 Å². The van der Waals surface area contributed by atoms with E-state index in [1.807, 2.05) is 86.9 Å². The quantitative estimate of drug-likeness (QED) is 0.504. The molecule has 174 valence electrons. The van der Waals surface area contributed by atoms with E-state index in [1.165, 1.54) is 11.8 Å². The van der Waals surface area contributed by atoms with Crippen molar-refractivity contribution >= 4 is 23.7 Å². The Morgan fingerprint density at radius 1 is 1.06 bits per heavy atom. The van der Waals surface area contributed by atoms with Crippen LogP contribution in [-0.2, 0) is 11.4 Å². The number of urea groups is 1. The first-order chi connectivity index (χ1) is 15.6. The Balaban J connectivity index is 1.78. The average molecular weight is 468 g/mol. The van der Waals surface area contributed by atoms with Gasteiger partial charge in [-0.15, -0.1) is 10.2 Å². The van der Waals surface area contributed by atoms with Crippen molar-refractivity contribution in [2.24, 2.45) is 0 Å². The minimum Gasteiger partial charge on any atom is -0.485 e. The van der Waals surface area contributed by atoms with Gasteiger partial charge in [0, 0.05) is 11.2 Å². The number of imide groups is 1. The summed E-state index contributed by atoms with van der Waals surface area (Å²) in [7, 11) is 0. The fourth-order valence-corrected chi connectivity index (χ4v) is 3.85. The highest BCUT2D eigenvalue weighted by atomic mass is 32.2. The molecule has 3 aromatic rings. The maximum absolute atomic E-state index is 12.6. The molecule has 8 nitrogen and oxygen atoms in total. The molecule has 1 atom stereocenters. The number of hydrogen-bond donors (Lipinski definition) is 2. The van der Waals surface area contributed by atoms with Gasteiger partial charge in [-0.05, 0) is 58.4 Å². The third kappa shape index (κ3) is 6.82. The first-order valence-corrected chi connectivity index (χ1v) is 11.5. The van der Waals surface area contributed by atoms with Gasteiger partial charge in [0.1, 0.15) is 12.4 Å². The van der Waals surface area contributed by atoms with Crippen molar-refractivity contribution in [1.29, 1.82) is 0 Å². The zero-order valence-electron chi connectivity index (χ0n) is 19.5. The number of aromatic nitrogens is 3. The van der Waals surface area contributed by atoms with Gasteiger partial charge in [-0.2, -0.15) is 0 Å². The van der Waals surface area contributed by atoms with E-state index < -0.39 is 22.7 Å². The molecule has 0 aliphatic heterocycles. The smallest absolute Gasteiger partial charge is 0.321 e. The number of para-hydroxylation sites is 2. The third-order valence-corrected chi connectivity index (χ3v) is 5.58. The van der Waals surface area contributed by atoms with Crippen LogP contribution in [0.3, 0.4) is 0 Å². The Morgan fingerprint density at radius 3 is 2.39 bits per heavy atom. The molecule has 2 aromatic carbocycles. The van der Waals surface area contributed by atoms with E-state index in [-0.39, 0.29) is 6.61 Å². The van der Waals surface area contributed by atoms with Crippen molar-refractivity contribution < 1.29 is 14.3 Å². The first kappa shape index (κ1) is 24.3. The molecule has 0 aliphatic carbocycles. The van der Waals surface area contributed by atoms with E-state index in [2.05, 4.69) is 20.8 Å². The zero-order chi connectivity index (χ0) is 24.0. The van der Waals surface area contributed by atoms with E-state index in [4.69, 9.17) is 4.74 Å². The zero-order valence-corrected chi connectivity index (χ0v) is 20.3. The molecule has 2 N–H and O–H groups in total. The Labute approximate surface area is 198 Å². The summed E-state index contributed by atoms with van der Waals surface area (Å²) < 4.78 is 7.85. The standard InChI is InChI=1S/C24H29N5O3S/c1-16-11-9-10-14-19(16)32-15-20-27-28-23(29(20)18-12-7-6-8-13-18)33-17(2)21(30)25-22(31)26-24(3,4)5/h6-14,17H,15H2,1-5H3,(H2,25,26,30,31). The highest BCUT2D eigenvalue weighted by Gasteiger charge is 2.24. The van der Waals surface area contributed by atoms with Crippen LogP contribution in [0, 0.1) is 6.92 Å². The van der Waals surface area contributed by atoms with Crippen molar-refractivity contribution in [3.05, 3.63) is 66.0 Å². The van der Waals surface area contributed by atoms with Gasteiger partial charge in [-0.1, -0.05) is 48.2 Å². The second-order valence-electron chi connectivity index (χ2n) is 8.58. The molecule has 0 bridgehead atoms. The second kappa shape index (κ2) is 10.5. The third-order valence-electron chi connectivity index (χ3n) is 4.54. The molecule has 0 saturated carbocycles. The molecule has 9 heteroatoms. The van der Waals surface area contributed by atoms with Crippen LogP contribution in [0.5, 0.6) is 5.75 Å². The molecular formula is C24H29N5O3S. The van der Waals surface area contributed by atoms with Gasteiger partial charge in [0.2, 0.25) is 5.91 Å². The predicted molar refractivity (Wildman–Crippen MR) is 129 cm³/mol. The van der Waals surface area contributed by atoms with Gasteiger partial charge in [-0.3, -0.25) is 14.7 Å². The molecule has 0 saturated heterocycles. The molecule has 0 spiro atoms. The lowest BCUT2D eigenvalue weighted by atomic mass is 10.1. The van der Waals surface area contributed by atoms with Crippen molar-refractivity contribution in [3.8, 4) is 11.4 Å². The molecule has 1 heterocycles. The Bertz CT molecular complexity index is 1110. The van der Waals surface area contributed by atoms with Crippen LogP contribution in [0.1, 0.15) is 39.1 Å². The van der Waals surface area contributed by atoms with Gasteiger partial charge < -0.3 is 10.1 Å². The number of ether oxygens (including phenoxy) is 1. The minimum absolute atomic E-state index is 0.210. The summed E-state index contributed by atoms with van der Waals surface area (Å²) >= 11 is 1.22. The maximum atomic E-state index is 12.6. The number of rotatable bonds is 7. The maximum Gasteiger partial charge on any atom is 0.321 e. The number of nitrogens with zero attached hydrogens (tertiary/aromatic N) is 3. The number of hydrogen-bond acceptors (Lipinski definition) is 6. The lowest BCUT2D eigenvalue weighted by Gasteiger charge is -2.21. The summed E-state index contributed by atoms with van der Waals surface area (Å²) in [4.78, 5) is 24.6. The van der Waals surface area contributed by atoms with Gasteiger partial charge >= 0.3 is 6.03 Å². The van der Waals surface area contributed by atoms with Crippen LogP contribution in [-0.4, -0.2) is 37.5 Å². The van der Waals surface area contributed by atoms with E-state index in [9.17, 15) is 9.59 Å². The molecule has 0 aliphatic rings. The number of thioether (sulfide) groups is 1. The fourth-order valence-electron chi connectivity index (χ4n) is 2.96. The summed E-state index contributed by atoms with van der Waals surface area (Å²) in [6.07, 6.45) is 0. The summed E-state index contributed by atoms with van der Waals surface area (Å²) in [5.74, 6) is 0.957. The van der Waals surface area contributed by atoms with Gasteiger partial charge in [0.25, 0.3) is 0 Å². The normalized spacial score (nSPS) is 12.2. The summed E-state index contributed by atoms with van der Waals surface area (Å²) in [6, 6.07) is 16.9. The highest BCUT2D eigenvalue weighted by molar-refractivity contribution is 8.00. The number of nitrogens with one attached hydrogen (secondary N) is 2. The lowest BCUT2D eigenvalue weighted by Crippen LogP contribution is -2.49. The number of carbonyl (C=O) groups excluding carboxylic acids is 2. The molecular weight excluding hydrogens is 438 g/mol. The Morgan fingerprint density at radius 2 is 1.73 bits per heavy atom. The molecule has 3 rings (SSSR count). The van der Waals surface area contributed by atoms with E-state index in [1.54, 1.807) is 6.92 Å². The van der Waals surface area contributed by atoms with Crippen molar-refractivity contribution in [2.75, 3.05) is 0 Å². The van der Waals surface area contributed by atoms with E-state index in [0.717, 1.165) is 17.0 Å². The molecule has 1 aromatic heterocycles. The predicted octanol–water partition coefficient (Wildman–Crippen LogP) is 4.26. The van der Waals surface area contributed by atoms with Gasteiger partial charge in [0.05, 0.1) is 5.25 Å². The summed E-state index contributed by atoms with van der Waals surface area (Å²) in [5, 5.41) is 13.7. The Kier molecular flexibility index (Phi) is 7.75. The monoisotopic (exact) mass is 467 g/mol. The minimum atomic E-state index is -0.576. The molecule has 0 radical (unpaired) electrons. The Hall–Kier alpha value is -3.33. The van der Waals surface area contributed by atoms with E-state index in [0.29, 0.717) is 11.0 Å². The number of amides is 3. The van der Waals surface area contributed by atoms with Crippen molar-refractivity contribution in [1.82, 2.24) is 25.4 Å². The fraction of sp³-hybridized carbons (Fsp3) is 0.333. The molecule has 1 unspecified atom stereocenters. The van der Waals surface area contributed by atoms with Gasteiger partial charge in [-0.25, -0.2) is 4.79 Å². The lowest BCUT2D eigenvalue weighted by molar-refractivity contribution is -0.119. The van der Waals surface area contributed by atoms with Crippen molar-refractivity contribution in [3.63, 3.8) is 0 Å². The molecule has 33 heavy (non-hydrogen) atoms. The number of benzene rings is 2. The molecule has 0 fully saturated rings. The summed E-state index contributed by atoms with van der Waals surface area (Å²) in [6.45, 7) is 9.45. The van der Waals surface area contributed by atoms with Crippen LogP contribution < -0.4 is 15.4 Å². The topological polar surface area (TPSA) is 98.1 Å². The van der Waals surface area contributed by atoms with Crippen LogP contribution >= 0.6 is 11.8 Å². The number of aryl methyl sites for hydroxylation is 1. The van der Waals surface area contributed by atoms with Gasteiger partial charge in [0.15, 0.2) is 11.0 Å². The average Bonchev–Trinajstić information content (AvgIpc) is 3.14. The molecule has 3 amide bonds. The summed E-state index contributed by atoms with van der Waals surface area (Å²) in [5.41, 5.74) is 1.43. The van der Waals surface area contributed by atoms with Crippen LogP contribution in [0.25, 0.3) is 5.69 Å². The second-order valence-corrected chi connectivity index (χ2v) is 9.89.